The summed E-state index contributed by atoms with van der Waals surface area (Å²) in [6.07, 6.45) is -4.48. The fraction of sp³-hybridized carbons (Fsp3) is 0.167. The molecule has 0 spiro atoms. The monoisotopic (exact) mass is 362 g/mol. The summed E-state index contributed by atoms with van der Waals surface area (Å²) in [6.45, 7) is -0.346. The largest absolute Gasteiger partial charge is 0.456 e. The molecule has 26 heavy (non-hydrogen) atoms. The number of carbonyl (C=O) groups excluding carboxylic acids is 1. The fourth-order valence-corrected chi connectivity index (χ4v) is 2.51. The van der Waals surface area contributed by atoms with E-state index < -0.39 is 17.7 Å². The van der Waals surface area contributed by atoms with Gasteiger partial charge in [0, 0.05) is 12.4 Å². The van der Waals surface area contributed by atoms with E-state index in [9.17, 15) is 22.8 Å². The third-order valence-corrected chi connectivity index (χ3v) is 3.77. The number of halogens is 3. The Morgan fingerprint density at radius 3 is 2.50 bits per heavy atom. The summed E-state index contributed by atoms with van der Waals surface area (Å²) in [5, 5.41) is 4.55. The van der Waals surface area contributed by atoms with E-state index in [-0.39, 0.29) is 23.4 Å². The van der Waals surface area contributed by atoms with E-state index in [1.165, 1.54) is 19.2 Å². The molecule has 3 rings (SSSR count). The van der Waals surface area contributed by atoms with Crippen molar-refractivity contribution in [2.75, 3.05) is 0 Å². The van der Waals surface area contributed by atoms with Crippen molar-refractivity contribution in [2.24, 2.45) is 7.05 Å². The molecule has 1 heterocycles. The minimum absolute atomic E-state index is 0.0744. The topological polar surface area (TPSA) is 61.2 Å². The average Bonchev–Trinajstić information content (AvgIpc) is 2.62. The lowest BCUT2D eigenvalue weighted by Crippen LogP contribution is -2.23. The molecular weight excluding hydrogens is 349 g/mol. The van der Waals surface area contributed by atoms with Gasteiger partial charge in [-0.05, 0) is 23.8 Å². The highest BCUT2D eigenvalue weighted by molar-refractivity contribution is 6.02. The maximum atomic E-state index is 12.7. The van der Waals surface area contributed by atoms with Crippen LogP contribution in [-0.2, 0) is 24.6 Å². The Hall–Kier alpha value is -3.16. The van der Waals surface area contributed by atoms with Crippen LogP contribution in [0.25, 0.3) is 10.8 Å². The van der Waals surface area contributed by atoms with Gasteiger partial charge in [0.2, 0.25) is 0 Å². The smallest absolute Gasteiger partial charge is 0.416 e. The molecule has 0 amide bonds. The Morgan fingerprint density at radius 1 is 1.12 bits per heavy atom. The third kappa shape index (κ3) is 3.44. The minimum atomic E-state index is -4.48. The number of hydrogen-bond acceptors (Lipinski definition) is 4. The Kier molecular flexibility index (Phi) is 4.50. The highest BCUT2D eigenvalue weighted by atomic mass is 19.4. The number of benzene rings is 2. The number of hydrogen-bond donors (Lipinski definition) is 0. The molecule has 3 aromatic rings. The van der Waals surface area contributed by atoms with Crippen molar-refractivity contribution in [1.29, 1.82) is 0 Å². The zero-order valence-electron chi connectivity index (χ0n) is 13.6. The minimum Gasteiger partial charge on any atom is -0.456 e. The first-order valence-electron chi connectivity index (χ1n) is 7.56. The van der Waals surface area contributed by atoms with Gasteiger partial charge in [-0.15, -0.1) is 0 Å². The van der Waals surface area contributed by atoms with Gasteiger partial charge in [-0.2, -0.15) is 18.3 Å². The molecule has 0 saturated carbocycles. The Balaban J connectivity index is 1.87. The number of rotatable bonds is 3. The van der Waals surface area contributed by atoms with Crippen LogP contribution in [0.1, 0.15) is 21.6 Å². The van der Waals surface area contributed by atoms with Crippen molar-refractivity contribution in [3.63, 3.8) is 0 Å². The quantitative estimate of drug-likeness (QED) is 0.671. The van der Waals surface area contributed by atoms with E-state index >= 15 is 0 Å². The molecular formula is C18H13F3N2O3. The second kappa shape index (κ2) is 6.62. The van der Waals surface area contributed by atoms with Gasteiger partial charge in [0.15, 0.2) is 5.69 Å². The van der Waals surface area contributed by atoms with E-state index in [4.69, 9.17) is 4.74 Å². The maximum Gasteiger partial charge on any atom is 0.416 e. The van der Waals surface area contributed by atoms with Gasteiger partial charge in [-0.3, -0.25) is 4.79 Å². The highest BCUT2D eigenvalue weighted by Crippen LogP contribution is 2.29. The highest BCUT2D eigenvalue weighted by Gasteiger charge is 2.30. The average molecular weight is 362 g/mol. The summed E-state index contributed by atoms with van der Waals surface area (Å²) in [6, 6.07) is 10.9. The van der Waals surface area contributed by atoms with Crippen molar-refractivity contribution in [3.05, 3.63) is 75.7 Å². The van der Waals surface area contributed by atoms with Crippen LogP contribution in [-0.4, -0.2) is 15.7 Å². The molecule has 0 bridgehead atoms. The summed E-state index contributed by atoms with van der Waals surface area (Å²) in [5.74, 6) is -0.825. The maximum absolute atomic E-state index is 12.7. The molecule has 2 aromatic carbocycles. The van der Waals surface area contributed by atoms with E-state index in [0.29, 0.717) is 10.8 Å². The normalized spacial score (nSPS) is 11.5. The van der Waals surface area contributed by atoms with Crippen molar-refractivity contribution in [3.8, 4) is 0 Å². The fourth-order valence-electron chi connectivity index (χ4n) is 2.51. The molecule has 1 aromatic heterocycles. The van der Waals surface area contributed by atoms with Gasteiger partial charge in [-0.1, -0.05) is 30.3 Å². The van der Waals surface area contributed by atoms with E-state index in [0.717, 1.165) is 16.8 Å². The lowest BCUT2D eigenvalue weighted by molar-refractivity contribution is -0.137. The molecule has 0 aliphatic carbocycles. The number of aryl methyl sites for hydroxylation is 1. The predicted molar refractivity (Wildman–Crippen MR) is 87.5 cm³/mol. The lowest BCUT2D eigenvalue weighted by atomic mass is 10.1. The molecule has 0 N–H and O–H groups in total. The van der Waals surface area contributed by atoms with Crippen LogP contribution in [0.4, 0.5) is 13.2 Å². The first-order valence-corrected chi connectivity index (χ1v) is 7.56. The molecule has 0 unspecified atom stereocenters. The first kappa shape index (κ1) is 17.7. The number of esters is 1. The van der Waals surface area contributed by atoms with Crippen LogP contribution in [0.2, 0.25) is 0 Å². The van der Waals surface area contributed by atoms with E-state index in [1.54, 1.807) is 24.3 Å². The van der Waals surface area contributed by atoms with Gasteiger partial charge in [-0.25, -0.2) is 9.48 Å². The molecule has 5 nitrogen and oxygen atoms in total. The number of fused-ring (bicyclic) bond motifs is 1. The van der Waals surface area contributed by atoms with E-state index in [2.05, 4.69) is 5.10 Å². The number of carbonyl (C=O) groups is 1. The first-order chi connectivity index (χ1) is 12.3. The second-order valence-electron chi connectivity index (χ2n) is 5.60. The second-order valence-corrected chi connectivity index (χ2v) is 5.60. The molecule has 0 atom stereocenters. The predicted octanol–water partition coefficient (Wildman–Crippen LogP) is 3.31. The number of alkyl halides is 3. The molecule has 0 aliphatic rings. The Morgan fingerprint density at radius 2 is 1.81 bits per heavy atom. The summed E-state index contributed by atoms with van der Waals surface area (Å²) in [5.41, 5.74) is -1.07. The van der Waals surface area contributed by atoms with Gasteiger partial charge in [0.05, 0.1) is 10.9 Å². The Labute approximate surface area is 145 Å². The lowest BCUT2D eigenvalue weighted by Gasteiger charge is -2.10. The van der Waals surface area contributed by atoms with Crippen LogP contribution in [0, 0.1) is 0 Å². The van der Waals surface area contributed by atoms with Crippen LogP contribution < -0.4 is 5.56 Å². The standard InChI is InChI=1S/C18H13F3N2O3/c1-23-16(24)14-8-3-2-7-13(14)15(22-23)17(25)26-10-11-5-4-6-12(9-11)18(19,20)21/h2-9H,10H2,1H3. The summed E-state index contributed by atoms with van der Waals surface area (Å²) >= 11 is 0. The molecule has 0 saturated heterocycles. The van der Waals surface area contributed by atoms with Crippen molar-refractivity contribution in [1.82, 2.24) is 9.78 Å². The summed E-state index contributed by atoms with van der Waals surface area (Å²) in [4.78, 5) is 24.4. The van der Waals surface area contributed by atoms with Gasteiger partial charge >= 0.3 is 12.1 Å². The molecule has 0 radical (unpaired) electrons. The van der Waals surface area contributed by atoms with Crippen LogP contribution >= 0.6 is 0 Å². The van der Waals surface area contributed by atoms with Crippen molar-refractivity contribution < 1.29 is 22.7 Å². The molecule has 0 fully saturated rings. The van der Waals surface area contributed by atoms with Gasteiger partial charge in [0.25, 0.3) is 5.56 Å². The molecule has 0 aliphatic heterocycles. The summed E-state index contributed by atoms with van der Waals surface area (Å²) in [7, 11) is 1.40. The van der Waals surface area contributed by atoms with Crippen LogP contribution in [0.15, 0.2) is 53.3 Å². The summed E-state index contributed by atoms with van der Waals surface area (Å²) < 4.78 is 44.3. The van der Waals surface area contributed by atoms with E-state index in [1.807, 2.05) is 0 Å². The number of aromatic nitrogens is 2. The van der Waals surface area contributed by atoms with Gasteiger partial charge in [0.1, 0.15) is 6.61 Å². The Bertz CT molecular complexity index is 1040. The number of nitrogens with zero attached hydrogens (tertiary/aromatic N) is 2. The zero-order chi connectivity index (χ0) is 18.9. The van der Waals surface area contributed by atoms with Crippen molar-refractivity contribution >= 4 is 16.7 Å². The van der Waals surface area contributed by atoms with Crippen molar-refractivity contribution in [2.45, 2.75) is 12.8 Å². The SMILES string of the molecule is Cn1nc(C(=O)OCc2cccc(C(F)(F)F)c2)c2ccccc2c1=O. The molecule has 8 heteroatoms. The number of ether oxygens (including phenoxy) is 1. The third-order valence-electron chi connectivity index (χ3n) is 3.77. The van der Waals surface area contributed by atoms with Crippen LogP contribution in [0.3, 0.4) is 0 Å². The molecule has 134 valence electrons. The van der Waals surface area contributed by atoms with Crippen LogP contribution in [0.5, 0.6) is 0 Å². The van der Waals surface area contributed by atoms with Gasteiger partial charge < -0.3 is 4.74 Å². The zero-order valence-corrected chi connectivity index (χ0v) is 13.6.